The van der Waals surface area contributed by atoms with Gasteiger partial charge < -0.3 is 19.4 Å². The number of ether oxygens (including phenoxy) is 1. The second-order valence-corrected chi connectivity index (χ2v) is 7.96. The van der Waals surface area contributed by atoms with E-state index in [9.17, 15) is 9.59 Å². The van der Waals surface area contributed by atoms with Gasteiger partial charge in [0.1, 0.15) is 5.75 Å². The molecule has 1 fully saturated rings. The van der Waals surface area contributed by atoms with E-state index in [4.69, 9.17) is 4.74 Å². The number of piperazine rings is 1. The molecule has 6 nitrogen and oxygen atoms in total. The fourth-order valence-corrected chi connectivity index (χ4v) is 4.64. The van der Waals surface area contributed by atoms with Crippen molar-refractivity contribution in [3.8, 4) is 5.75 Å². The molecular weight excluding hydrogens is 378 g/mol. The number of hydrogen-bond donors (Lipinski definition) is 0. The summed E-state index contributed by atoms with van der Waals surface area (Å²) in [5.74, 6) is 0.373. The summed E-state index contributed by atoms with van der Waals surface area (Å²) in [6.07, 6.45) is 0. The zero-order valence-corrected chi connectivity index (χ0v) is 17.9. The van der Waals surface area contributed by atoms with Crippen LogP contribution in [0.25, 0.3) is 0 Å². The van der Waals surface area contributed by atoms with Gasteiger partial charge in [0.15, 0.2) is 0 Å². The number of hydrogen-bond acceptors (Lipinski definition) is 4. The normalized spacial score (nSPS) is 22.0. The third kappa shape index (κ3) is 3.56. The molecule has 0 N–H and O–H groups in total. The smallest absolute Gasteiger partial charge is 0.254 e. The minimum atomic E-state index is -0.425. The van der Waals surface area contributed by atoms with Crippen LogP contribution >= 0.6 is 0 Å². The lowest BCUT2D eigenvalue weighted by Gasteiger charge is -2.43. The molecule has 0 aromatic heterocycles. The number of nitrogens with zero attached hydrogens (tertiary/aromatic N) is 3. The number of benzene rings is 2. The van der Waals surface area contributed by atoms with E-state index >= 15 is 0 Å². The van der Waals surface area contributed by atoms with Crippen molar-refractivity contribution in [1.29, 1.82) is 0 Å². The Morgan fingerprint density at radius 3 is 2.33 bits per heavy atom. The largest absolute Gasteiger partial charge is 0.497 e. The lowest BCUT2D eigenvalue weighted by Crippen LogP contribution is -2.52. The standard InChI is InChI=1S/C24H29N3O3/c1-4-26-13-15-27(16-14-26)24(29)21-19-7-5-6-8-20(19)23(28)25(2)22(21)17-9-11-18(30-3)12-10-17/h5-12,21-22H,4,13-16H2,1-3H3. The van der Waals surface area contributed by atoms with E-state index in [0.29, 0.717) is 5.56 Å². The predicted octanol–water partition coefficient (Wildman–Crippen LogP) is 2.77. The highest BCUT2D eigenvalue weighted by molar-refractivity contribution is 6.01. The van der Waals surface area contributed by atoms with Gasteiger partial charge in [0.25, 0.3) is 5.91 Å². The van der Waals surface area contributed by atoms with Gasteiger partial charge in [-0.3, -0.25) is 9.59 Å². The second kappa shape index (κ2) is 8.48. The molecule has 2 unspecified atom stereocenters. The molecule has 0 aliphatic carbocycles. The van der Waals surface area contributed by atoms with E-state index in [1.54, 1.807) is 19.1 Å². The molecule has 2 aliphatic rings. The molecule has 30 heavy (non-hydrogen) atoms. The zero-order valence-electron chi connectivity index (χ0n) is 17.9. The number of carbonyl (C=O) groups excluding carboxylic acids is 2. The van der Waals surface area contributed by atoms with Crippen molar-refractivity contribution in [2.45, 2.75) is 18.9 Å². The van der Waals surface area contributed by atoms with Crippen LogP contribution in [0.1, 0.15) is 40.4 Å². The van der Waals surface area contributed by atoms with Crippen molar-refractivity contribution in [3.63, 3.8) is 0 Å². The Bertz CT molecular complexity index is 920. The average Bonchev–Trinajstić information content (AvgIpc) is 2.81. The van der Waals surface area contributed by atoms with Crippen molar-refractivity contribution >= 4 is 11.8 Å². The molecule has 0 spiro atoms. The van der Waals surface area contributed by atoms with Gasteiger partial charge in [-0.05, 0) is 35.9 Å². The van der Waals surface area contributed by atoms with Crippen LogP contribution < -0.4 is 4.74 Å². The number of carbonyl (C=O) groups is 2. The Morgan fingerprint density at radius 1 is 1.03 bits per heavy atom. The van der Waals surface area contributed by atoms with E-state index in [2.05, 4.69) is 11.8 Å². The Hall–Kier alpha value is -2.86. The maximum atomic E-state index is 13.8. The highest BCUT2D eigenvalue weighted by Gasteiger charge is 2.44. The van der Waals surface area contributed by atoms with Gasteiger partial charge in [-0.25, -0.2) is 0 Å². The number of rotatable bonds is 4. The molecule has 4 rings (SSSR count). The van der Waals surface area contributed by atoms with Gasteiger partial charge in [0.05, 0.1) is 19.1 Å². The lowest BCUT2D eigenvalue weighted by molar-refractivity contribution is -0.136. The Kier molecular flexibility index (Phi) is 5.77. The summed E-state index contributed by atoms with van der Waals surface area (Å²) in [5, 5.41) is 0. The molecule has 2 aromatic carbocycles. The van der Waals surface area contributed by atoms with Crippen LogP contribution in [-0.2, 0) is 4.79 Å². The summed E-state index contributed by atoms with van der Waals surface area (Å²) in [6, 6.07) is 14.9. The first-order chi connectivity index (χ1) is 14.5. The summed E-state index contributed by atoms with van der Waals surface area (Å²) < 4.78 is 5.29. The van der Waals surface area contributed by atoms with Crippen LogP contribution in [0.5, 0.6) is 5.75 Å². The topological polar surface area (TPSA) is 53.1 Å². The van der Waals surface area contributed by atoms with Crippen molar-refractivity contribution in [2.24, 2.45) is 0 Å². The molecule has 2 heterocycles. The van der Waals surface area contributed by atoms with E-state index in [1.807, 2.05) is 53.4 Å². The first kappa shape index (κ1) is 20.4. The van der Waals surface area contributed by atoms with Crippen LogP contribution in [-0.4, -0.2) is 73.4 Å². The Labute approximate surface area is 178 Å². The first-order valence-corrected chi connectivity index (χ1v) is 10.6. The molecule has 0 saturated carbocycles. The number of fused-ring (bicyclic) bond motifs is 1. The van der Waals surface area contributed by atoms with E-state index in [-0.39, 0.29) is 17.9 Å². The lowest BCUT2D eigenvalue weighted by atomic mass is 9.79. The average molecular weight is 408 g/mol. The van der Waals surface area contributed by atoms with Gasteiger partial charge in [-0.1, -0.05) is 37.3 Å². The summed E-state index contributed by atoms with van der Waals surface area (Å²) in [6.45, 7) is 6.36. The molecule has 2 aromatic rings. The van der Waals surface area contributed by atoms with Crippen LogP contribution in [0.15, 0.2) is 48.5 Å². The minimum Gasteiger partial charge on any atom is -0.497 e. The third-order valence-electron chi connectivity index (χ3n) is 6.43. The van der Waals surface area contributed by atoms with Gasteiger partial charge in [-0.2, -0.15) is 0 Å². The second-order valence-electron chi connectivity index (χ2n) is 7.96. The van der Waals surface area contributed by atoms with Crippen molar-refractivity contribution in [2.75, 3.05) is 46.9 Å². The van der Waals surface area contributed by atoms with E-state index in [0.717, 1.165) is 49.6 Å². The van der Waals surface area contributed by atoms with Crippen molar-refractivity contribution in [3.05, 3.63) is 65.2 Å². The third-order valence-corrected chi connectivity index (χ3v) is 6.43. The van der Waals surface area contributed by atoms with Crippen molar-refractivity contribution in [1.82, 2.24) is 14.7 Å². The Morgan fingerprint density at radius 2 is 1.70 bits per heavy atom. The van der Waals surface area contributed by atoms with Crippen LogP contribution in [0.2, 0.25) is 0 Å². The molecule has 1 saturated heterocycles. The fraction of sp³-hybridized carbons (Fsp3) is 0.417. The number of amides is 2. The molecule has 6 heteroatoms. The van der Waals surface area contributed by atoms with Gasteiger partial charge >= 0.3 is 0 Å². The molecule has 2 aliphatic heterocycles. The molecule has 2 atom stereocenters. The van der Waals surface area contributed by atoms with E-state index in [1.165, 1.54) is 0 Å². The van der Waals surface area contributed by atoms with Crippen molar-refractivity contribution < 1.29 is 14.3 Å². The van der Waals surface area contributed by atoms with Gasteiger partial charge in [0, 0.05) is 38.8 Å². The van der Waals surface area contributed by atoms with Crippen LogP contribution in [0.3, 0.4) is 0 Å². The van der Waals surface area contributed by atoms with E-state index < -0.39 is 5.92 Å². The van der Waals surface area contributed by atoms with Gasteiger partial charge in [0.2, 0.25) is 5.91 Å². The molecule has 158 valence electrons. The number of methoxy groups -OCH3 is 1. The molecular formula is C24H29N3O3. The Balaban J connectivity index is 1.74. The zero-order chi connectivity index (χ0) is 21.3. The van der Waals surface area contributed by atoms with Crippen LogP contribution in [0.4, 0.5) is 0 Å². The summed E-state index contributed by atoms with van der Waals surface area (Å²) in [7, 11) is 3.42. The minimum absolute atomic E-state index is 0.0497. The maximum Gasteiger partial charge on any atom is 0.254 e. The molecule has 0 radical (unpaired) electrons. The SMILES string of the molecule is CCN1CCN(C(=O)C2c3ccccc3C(=O)N(C)C2c2ccc(OC)cc2)CC1. The molecule has 0 bridgehead atoms. The highest BCUT2D eigenvalue weighted by Crippen LogP contribution is 2.43. The molecule has 2 amide bonds. The quantitative estimate of drug-likeness (QED) is 0.782. The highest BCUT2D eigenvalue weighted by atomic mass is 16.5. The van der Waals surface area contributed by atoms with Crippen LogP contribution in [0, 0.1) is 0 Å². The first-order valence-electron chi connectivity index (χ1n) is 10.6. The predicted molar refractivity (Wildman–Crippen MR) is 116 cm³/mol. The summed E-state index contributed by atoms with van der Waals surface area (Å²) >= 11 is 0. The van der Waals surface area contributed by atoms with Gasteiger partial charge in [-0.15, -0.1) is 0 Å². The summed E-state index contributed by atoms with van der Waals surface area (Å²) in [5.41, 5.74) is 2.38. The maximum absolute atomic E-state index is 13.8. The fourth-order valence-electron chi connectivity index (χ4n) is 4.64. The number of likely N-dealkylation sites (N-methyl/N-ethyl adjacent to an activating group) is 2. The summed E-state index contributed by atoms with van der Waals surface area (Å²) in [4.78, 5) is 33.0. The monoisotopic (exact) mass is 407 g/mol.